The standard InChI is InChI=1S/C15H32N4.HI/c1-6-18(7-2)11-8-10-17-14(16-5)19-12-9-15(3,4)13-19;/h6-13H2,1-5H3,(H,16,17);1H. The van der Waals surface area contributed by atoms with E-state index in [2.05, 4.69) is 47.8 Å². The van der Waals surface area contributed by atoms with Crippen LogP contribution in [0.5, 0.6) is 0 Å². The average Bonchev–Trinajstić information content (AvgIpc) is 2.74. The Kier molecular flexibility index (Phi) is 9.80. The van der Waals surface area contributed by atoms with E-state index < -0.39 is 0 Å². The topological polar surface area (TPSA) is 30.9 Å². The maximum atomic E-state index is 4.41. The number of likely N-dealkylation sites (tertiary alicyclic amines) is 1. The van der Waals surface area contributed by atoms with Crippen molar-refractivity contribution < 1.29 is 0 Å². The van der Waals surface area contributed by atoms with Gasteiger partial charge in [0.1, 0.15) is 0 Å². The van der Waals surface area contributed by atoms with Crippen LogP contribution in [0.2, 0.25) is 0 Å². The molecular weight excluding hydrogens is 363 g/mol. The maximum Gasteiger partial charge on any atom is 0.193 e. The third-order valence-corrected chi connectivity index (χ3v) is 4.02. The highest BCUT2D eigenvalue weighted by Gasteiger charge is 2.30. The molecule has 0 aromatic rings. The zero-order valence-corrected chi connectivity index (χ0v) is 16.2. The summed E-state index contributed by atoms with van der Waals surface area (Å²) in [5.41, 5.74) is 0.429. The molecule has 1 rings (SSSR count). The summed E-state index contributed by atoms with van der Waals surface area (Å²) in [5, 5.41) is 3.50. The molecule has 0 saturated carbocycles. The van der Waals surface area contributed by atoms with Gasteiger partial charge in [-0.1, -0.05) is 27.7 Å². The normalized spacial score (nSPS) is 18.3. The highest BCUT2D eigenvalue weighted by Crippen LogP contribution is 2.28. The summed E-state index contributed by atoms with van der Waals surface area (Å²) in [6.07, 6.45) is 2.44. The lowest BCUT2D eigenvalue weighted by atomic mass is 9.93. The van der Waals surface area contributed by atoms with Crippen LogP contribution < -0.4 is 5.32 Å². The monoisotopic (exact) mass is 396 g/mol. The van der Waals surface area contributed by atoms with Gasteiger partial charge < -0.3 is 15.1 Å². The van der Waals surface area contributed by atoms with Gasteiger partial charge in [0.25, 0.3) is 0 Å². The van der Waals surface area contributed by atoms with Crippen LogP contribution in [0.1, 0.15) is 40.5 Å². The number of aliphatic imine (C=N–C) groups is 1. The fourth-order valence-corrected chi connectivity index (χ4v) is 2.67. The summed E-state index contributed by atoms with van der Waals surface area (Å²) < 4.78 is 0. The molecule has 4 nitrogen and oxygen atoms in total. The average molecular weight is 396 g/mol. The molecule has 5 heteroatoms. The zero-order valence-electron chi connectivity index (χ0n) is 13.9. The van der Waals surface area contributed by atoms with Crippen LogP contribution in [0, 0.1) is 5.41 Å². The Morgan fingerprint density at radius 2 is 1.95 bits per heavy atom. The van der Waals surface area contributed by atoms with Gasteiger partial charge in [0.05, 0.1) is 0 Å². The van der Waals surface area contributed by atoms with Crippen molar-refractivity contribution in [2.24, 2.45) is 10.4 Å². The molecule has 0 unspecified atom stereocenters. The van der Waals surface area contributed by atoms with Gasteiger partial charge in [-0.05, 0) is 37.9 Å². The minimum Gasteiger partial charge on any atom is -0.356 e. The molecule has 1 aliphatic rings. The Hall–Kier alpha value is -0.0400. The Balaban J connectivity index is 0.00000361. The van der Waals surface area contributed by atoms with Crippen LogP contribution in [0.25, 0.3) is 0 Å². The Bertz CT molecular complexity index is 288. The van der Waals surface area contributed by atoms with Crippen molar-refractivity contribution in [3.05, 3.63) is 0 Å². The van der Waals surface area contributed by atoms with Crippen LogP contribution in [-0.4, -0.2) is 62.1 Å². The second-order valence-corrected chi connectivity index (χ2v) is 6.19. The molecule has 120 valence electrons. The molecule has 0 spiro atoms. The molecule has 20 heavy (non-hydrogen) atoms. The van der Waals surface area contributed by atoms with E-state index >= 15 is 0 Å². The van der Waals surface area contributed by atoms with E-state index in [1.165, 1.54) is 19.4 Å². The van der Waals surface area contributed by atoms with Crippen molar-refractivity contribution in [1.29, 1.82) is 0 Å². The fraction of sp³-hybridized carbons (Fsp3) is 0.933. The molecule has 0 aliphatic carbocycles. The van der Waals surface area contributed by atoms with Crippen molar-refractivity contribution in [3.63, 3.8) is 0 Å². The van der Waals surface area contributed by atoms with E-state index in [1.54, 1.807) is 0 Å². The van der Waals surface area contributed by atoms with Crippen LogP contribution >= 0.6 is 24.0 Å². The lowest BCUT2D eigenvalue weighted by molar-refractivity contribution is 0.299. The predicted octanol–water partition coefficient (Wildman–Crippen LogP) is 2.64. The summed E-state index contributed by atoms with van der Waals surface area (Å²) in [5.74, 6) is 1.07. The van der Waals surface area contributed by atoms with Gasteiger partial charge in [-0.25, -0.2) is 0 Å². The number of nitrogens with zero attached hydrogens (tertiary/aromatic N) is 3. The number of hydrogen-bond acceptors (Lipinski definition) is 2. The lowest BCUT2D eigenvalue weighted by Gasteiger charge is -2.24. The Labute approximate surface area is 142 Å². The molecule has 1 aliphatic heterocycles. The SMILES string of the molecule is CCN(CC)CCCNC(=NC)N1CCC(C)(C)C1.I. The molecule has 0 amide bonds. The van der Waals surface area contributed by atoms with E-state index in [-0.39, 0.29) is 24.0 Å². The first-order chi connectivity index (χ1) is 9.02. The molecule has 0 aromatic carbocycles. The van der Waals surface area contributed by atoms with Crippen molar-refractivity contribution in [2.75, 3.05) is 46.3 Å². The quantitative estimate of drug-likeness (QED) is 0.324. The van der Waals surface area contributed by atoms with Gasteiger partial charge >= 0.3 is 0 Å². The van der Waals surface area contributed by atoms with E-state index in [9.17, 15) is 0 Å². The van der Waals surface area contributed by atoms with E-state index in [0.717, 1.165) is 38.7 Å². The lowest BCUT2D eigenvalue weighted by Crippen LogP contribution is -2.41. The van der Waals surface area contributed by atoms with Crippen molar-refractivity contribution in [3.8, 4) is 0 Å². The molecular formula is C15H33IN4. The third kappa shape index (κ3) is 6.61. The predicted molar refractivity (Wildman–Crippen MR) is 99.2 cm³/mol. The van der Waals surface area contributed by atoms with E-state index in [4.69, 9.17) is 0 Å². The number of nitrogens with one attached hydrogen (secondary N) is 1. The highest BCUT2D eigenvalue weighted by molar-refractivity contribution is 14.0. The Morgan fingerprint density at radius 3 is 2.40 bits per heavy atom. The van der Waals surface area contributed by atoms with Crippen LogP contribution in [0.15, 0.2) is 4.99 Å². The Morgan fingerprint density at radius 1 is 1.30 bits per heavy atom. The fourth-order valence-electron chi connectivity index (χ4n) is 2.67. The first-order valence-corrected chi connectivity index (χ1v) is 7.70. The summed E-state index contributed by atoms with van der Waals surface area (Å²) in [4.78, 5) is 9.26. The molecule has 1 N–H and O–H groups in total. The molecule has 1 fully saturated rings. The van der Waals surface area contributed by atoms with Gasteiger partial charge in [0, 0.05) is 26.7 Å². The van der Waals surface area contributed by atoms with Gasteiger partial charge in [-0.15, -0.1) is 24.0 Å². The molecule has 1 heterocycles. The number of halogens is 1. The molecule has 1 saturated heterocycles. The maximum absolute atomic E-state index is 4.41. The second kappa shape index (κ2) is 9.82. The first kappa shape index (κ1) is 20.0. The van der Waals surface area contributed by atoms with Gasteiger partial charge in [-0.3, -0.25) is 4.99 Å². The molecule has 0 atom stereocenters. The minimum atomic E-state index is 0. The van der Waals surface area contributed by atoms with Crippen LogP contribution in [0.4, 0.5) is 0 Å². The van der Waals surface area contributed by atoms with Crippen molar-refractivity contribution in [2.45, 2.75) is 40.5 Å². The van der Waals surface area contributed by atoms with Gasteiger partial charge in [0.2, 0.25) is 0 Å². The smallest absolute Gasteiger partial charge is 0.193 e. The van der Waals surface area contributed by atoms with Gasteiger partial charge in [0.15, 0.2) is 5.96 Å². The molecule has 0 bridgehead atoms. The van der Waals surface area contributed by atoms with Crippen LogP contribution in [-0.2, 0) is 0 Å². The summed E-state index contributed by atoms with van der Waals surface area (Å²) in [6, 6.07) is 0. The molecule has 0 radical (unpaired) electrons. The minimum absolute atomic E-state index is 0. The second-order valence-electron chi connectivity index (χ2n) is 6.19. The summed E-state index contributed by atoms with van der Waals surface area (Å²) in [7, 11) is 1.89. The third-order valence-electron chi connectivity index (χ3n) is 4.02. The van der Waals surface area contributed by atoms with Crippen molar-refractivity contribution in [1.82, 2.24) is 15.1 Å². The number of hydrogen-bond donors (Lipinski definition) is 1. The summed E-state index contributed by atoms with van der Waals surface area (Å²) >= 11 is 0. The van der Waals surface area contributed by atoms with E-state index in [0.29, 0.717) is 5.41 Å². The number of rotatable bonds is 6. The largest absolute Gasteiger partial charge is 0.356 e. The van der Waals surface area contributed by atoms with Crippen molar-refractivity contribution >= 4 is 29.9 Å². The highest BCUT2D eigenvalue weighted by atomic mass is 127. The van der Waals surface area contributed by atoms with Crippen LogP contribution in [0.3, 0.4) is 0 Å². The first-order valence-electron chi connectivity index (χ1n) is 7.70. The number of guanidine groups is 1. The summed E-state index contributed by atoms with van der Waals surface area (Å²) in [6.45, 7) is 15.8. The van der Waals surface area contributed by atoms with E-state index in [1.807, 2.05) is 7.05 Å². The zero-order chi connectivity index (χ0) is 14.3. The molecule has 0 aromatic heterocycles. The van der Waals surface area contributed by atoms with Gasteiger partial charge in [-0.2, -0.15) is 0 Å².